The Morgan fingerprint density at radius 1 is 1.47 bits per heavy atom. The van der Waals surface area contributed by atoms with E-state index in [0.29, 0.717) is 12.8 Å². The minimum Gasteiger partial charge on any atom is -0.317 e. The van der Waals surface area contributed by atoms with Crippen LogP contribution in [-0.2, 0) is 14.8 Å². The first-order chi connectivity index (χ1) is 7.62. The number of amides is 1. The molecule has 0 aromatic rings. The van der Waals surface area contributed by atoms with Gasteiger partial charge >= 0.3 is 0 Å². The molecule has 0 spiro atoms. The minimum absolute atomic E-state index is 0.178. The predicted molar refractivity (Wildman–Crippen MR) is 55.7 cm³/mol. The molecule has 3 N–H and O–H groups in total. The molecule has 2 aliphatic rings. The standard InChI is InChI=1S/C9H14F2N2O3S/c1-8(2-3-8)17(15,16)13-7(14)9(12)4-5(9)6(10)11/h5-6H,2-4,12H2,1H3,(H,13,14)/t5?,9-/m1/s1. The summed E-state index contributed by atoms with van der Waals surface area (Å²) in [6.45, 7) is 1.50. The average molecular weight is 268 g/mol. The van der Waals surface area contributed by atoms with Crippen LogP contribution in [0.3, 0.4) is 0 Å². The third kappa shape index (κ3) is 1.93. The number of nitrogens with one attached hydrogen (secondary N) is 1. The fourth-order valence-corrected chi connectivity index (χ4v) is 2.98. The molecule has 5 nitrogen and oxygen atoms in total. The van der Waals surface area contributed by atoms with Gasteiger partial charge in [0, 0.05) is 5.92 Å². The lowest BCUT2D eigenvalue weighted by molar-refractivity contribution is -0.122. The highest BCUT2D eigenvalue weighted by atomic mass is 32.2. The molecule has 2 aliphatic carbocycles. The Morgan fingerprint density at radius 3 is 2.35 bits per heavy atom. The Hall–Kier alpha value is -0.760. The Kier molecular flexibility index (Phi) is 2.52. The van der Waals surface area contributed by atoms with Gasteiger partial charge in [0.2, 0.25) is 16.4 Å². The second-order valence-electron chi connectivity index (χ2n) is 5.07. The Labute approximate surface area is 97.8 Å². The first-order valence-electron chi connectivity index (χ1n) is 5.26. The van der Waals surface area contributed by atoms with E-state index in [-0.39, 0.29) is 6.42 Å². The van der Waals surface area contributed by atoms with Crippen LogP contribution >= 0.6 is 0 Å². The van der Waals surface area contributed by atoms with Crippen molar-refractivity contribution in [2.75, 3.05) is 0 Å². The summed E-state index contributed by atoms with van der Waals surface area (Å²) in [5.74, 6) is -2.26. The van der Waals surface area contributed by atoms with E-state index in [9.17, 15) is 22.0 Å². The second-order valence-corrected chi connectivity index (χ2v) is 7.27. The number of nitrogens with two attached hydrogens (primary N) is 1. The van der Waals surface area contributed by atoms with E-state index in [1.807, 2.05) is 4.72 Å². The third-order valence-electron chi connectivity index (χ3n) is 3.62. The average Bonchev–Trinajstić information content (AvgIpc) is 3.04. The van der Waals surface area contributed by atoms with Gasteiger partial charge in [0.1, 0.15) is 5.54 Å². The van der Waals surface area contributed by atoms with Crippen molar-refractivity contribution in [1.82, 2.24) is 4.72 Å². The molecule has 2 saturated carbocycles. The van der Waals surface area contributed by atoms with Crippen molar-refractivity contribution in [2.45, 2.75) is 42.9 Å². The number of carbonyl (C=O) groups excluding carboxylic acids is 1. The van der Waals surface area contributed by atoms with Gasteiger partial charge < -0.3 is 5.73 Å². The lowest BCUT2D eigenvalue weighted by Gasteiger charge is -2.15. The SMILES string of the molecule is CC1(S(=O)(=O)NC(=O)[C@@]2(N)CC2C(F)F)CC1. The largest absolute Gasteiger partial charge is 0.317 e. The highest BCUT2D eigenvalue weighted by molar-refractivity contribution is 7.91. The lowest BCUT2D eigenvalue weighted by atomic mass is 10.2. The third-order valence-corrected chi connectivity index (χ3v) is 5.78. The molecule has 0 aromatic heterocycles. The molecule has 0 bridgehead atoms. The number of carbonyl (C=O) groups is 1. The van der Waals surface area contributed by atoms with E-state index >= 15 is 0 Å². The molecule has 2 atom stereocenters. The molecule has 0 aliphatic heterocycles. The summed E-state index contributed by atoms with van der Waals surface area (Å²) in [5, 5.41) is 0. The van der Waals surface area contributed by atoms with Crippen molar-refractivity contribution >= 4 is 15.9 Å². The fourth-order valence-electron chi connectivity index (χ4n) is 1.66. The zero-order valence-corrected chi connectivity index (χ0v) is 10.1. The lowest BCUT2D eigenvalue weighted by Crippen LogP contribution is -2.50. The number of hydrogen-bond donors (Lipinski definition) is 2. The maximum Gasteiger partial charge on any atom is 0.254 e. The van der Waals surface area contributed by atoms with Crippen LogP contribution in [0, 0.1) is 5.92 Å². The molecule has 1 amide bonds. The summed E-state index contributed by atoms with van der Waals surface area (Å²) >= 11 is 0. The summed E-state index contributed by atoms with van der Waals surface area (Å²) in [4.78, 5) is 11.6. The van der Waals surface area contributed by atoms with E-state index in [0.717, 1.165) is 0 Å². The fraction of sp³-hybridized carbons (Fsp3) is 0.889. The Balaban J connectivity index is 2.04. The van der Waals surface area contributed by atoms with Crippen LogP contribution in [-0.4, -0.2) is 31.0 Å². The van der Waals surface area contributed by atoms with Crippen molar-refractivity contribution in [3.63, 3.8) is 0 Å². The number of alkyl halides is 2. The van der Waals surface area contributed by atoms with Crippen LogP contribution < -0.4 is 10.5 Å². The molecule has 17 heavy (non-hydrogen) atoms. The summed E-state index contributed by atoms with van der Waals surface area (Å²) in [7, 11) is -3.80. The number of rotatable bonds is 4. The van der Waals surface area contributed by atoms with Gasteiger partial charge in [-0.05, 0) is 26.2 Å². The molecule has 0 radical (unpaired) electrons. The van der Waals surface area contributed by atoms with Crippen LogP contribution in [0.1, 0.15) is 26.2 Å². The van der Waals surface area contributed by atoms with Gasteiger partial charge in [0.05, 0.1) is 4.75 Å². The van der Waals surface area contributed by atoms with Gasteiger partial charge in [-0.15, -0.1) is 0 Å². The van der Waals surface area contributed by atoms with E-state index in [1.54, 1.807) is 0 Å². The monoisotopic (exact) mass is 268 g/mol. The maximum absolute atomic E-state index is 12.3. The summed E-state index contributed by atoms with van der Waals surface area (Å²) in [6, 6.07) is 0. The van der Waals surface area contributed by atoms with E-state index < -0.39 is 38.6 Å². The Bertz CT molecular complexity index is 461. The highest BCUT2D eigenvalue weighted by Gasteiger charge is 2.63. The van der Waals surface area contributed by atoms with Crippen molar-refractivity contribution in [3.05, 3.63) is 0 Å². The number of sulfonamides is 1. The summed E-state index contributed by atoms with van der Waals surface area (Å²) in [6.07, 6.45) is -1.95. The van der Waals surface area contributed by atoms with Gasteiger partial charge in [-0.1, -0.05) is 0 Å². The van der Waals surface area contributed by atoms with E-state index in [2.05, 4.69) is 0 Å². The van der Waals surface area contributed by atoms with Crippen LogP contribution in [0.25, 0.3) is 0 Å². The topological polar surface area (TPSA) is 89.3 Å². The molecule has 98 valence electrons. The second kappa shape index (κ2) is 3.38. The van der Waals surface area contributed by atoms with Crippen LogP contribution in [0.2, 0.25) is 0 Å². The Morgan fingerprint density at radius 2 is 2.00 bits per heavy atom. The zero-order chi connectivity index (χ0) is 13.1. The van der Waals surface area contributed by atoms with Crippen molar-refractivity contribution < 1.29 is 22.0 Å². The van der Waals surface area contributed by atoms with Crippen LogP contribution in [0.15, 0.2) is 0 Å². The molecule has 2 fully saturated rings. The van der Waals surface area contributed by atoms with E-state index in [1.165, 1.54) is 6.92 Å². The molecule has 2 rings (SSSR count). The number of halogens is 2. The molecule has 0 heterocycles. The van der Waals surface area contributed by atoms with E-state index in [4.69, 9.17) is 5.73 Å². The van der Waals surface area contributed by atoms with Gasteiger partial charge in [-0.3, -0.25) is 9.52 Å². The van der Waals surface area contributed by atoms with Gasteiger partial charge in [-0.25, -0.2) is 17.2 Å². The molecule has 1 unspecified atom stereocenters. The summed E-state index contributed by atoms with van der Waals surface area (Å²) < 4.78 is 49.0. The first-order valence-corrected chi connectivity index (χ1v) is 6.74. The minimum atomic E-state index is -3.80. The van der Waals surface area contributed by atoms with Gasteiger partial charge in [-0.2, -0.15) is 0 Å². The van der Waals surface area contributed by atoms with Crippen LogP contribution in [0.5, 0.6) is 0 Å². The molecular formula is C9H14F2N2O3S. The molecule has 0 saturated heterocycles. The quantitative estimate of drug-likeness (QED) is 0.749. The smallest absolute Gasteiger partial charge is 0.254 e. The van der Waals surface area contributed by atoms with Crippen molar-refractivity contribution in [2.24, 2.45) is 11.7 Å². The molecular weight excluding hydrogens is 254 g/mol. The molecule has 8 heteroatoms. The normalized spacial score (nSPS) is 34.5. The van der Waals surface area contributed by atoms with Gasteiger partial charge in [0.25, 0.3) is 5.91 Å². The zero-order valence-electron chi connectivity index (χ0n) is 9.24. The summed E-state index contributed by atoms with van der Waals surface area (Å²) in [5.41, 5.74) is 3.72. The van der Waals surface area contributed by atoms with Gasteiger partial charge in [0.15, 0.2) is 0 Å². The highest BCUT2D eigenvalue weighted by Crippen LogP contribution is 2.47. The number of hydrogen-bond acceptors (Lipinski definition) is 4. The van der Waals surface area contributed by atoms with Crippen molar-refractivity contribution in [3.8, 4) is 0 Å². The van der Waals surface area contributed by atoms with Crippen molar-refractivity contribution in [1.29, 1.82) is 0 Å². The first kappa shape index (κ1) is 12.7. The van der Waals surface area contributed by atoms with Crippen LogP contribution in [0.4, 0.5) is 8.78 Å². The predicted octanol–water partition coefficient (Wildman–Crippen LogP) is -0.0326. The molecule has 0 aromatic carbocycles. The maximum atomic E-state index is 12.3.